The first kappa shape index (κ1) is 20.3. The highest BCUT2D eigenvalue weighted by atomic mass is 32.2. The highest BCUT2D eigenvalue weighted by Crippen LogP contribution is 2.34. The van der Waals surface area contributed by atoms with Gasteiger partial charge < -0.3 is 19.7 Å². The number of rotatable bonds is 9. The molecule has 26 heavy (non-hydrogen) atoms. The van der Waals surface area contributed by atoms with Crippen molar-refractivity contribution >= 4 is 21.6 Å². The minimum Gasteiger partial charge on any atom is -0.486 e. The van der Waals surface area contributed by atoms with Crippen molar-refractivity contribution in [3.8, 4) is 11.5 Å². The molecule has 0 spiro atoms. The van der Waals surface area contributed by atoms with Crippen molar-refractivity contribution < 1.29 is 22.7 Å². The SMILES string of the molecule is CCS(=O)(=O)N(CC(=O)NCCCN(C)C)c1ccc2c(c1)OCCO2. The largest absolute Gasteiger partial charge is 0.486 e. The Hall–Kier alpha value is -2.00. The van der Waals surface area contributed by atoms with Crippen LogP contribution in [0.4, 0.5) is 5.69 Å². The number of carbonyl (C=O) groups excluding carboxylic acids is 1. The number of ether oxygens (including phenoxy) is 2. The van der Waals surface area contributed by atoms with E-state index in [1.807, 2.05) is 19.0 Å². The number of anilines is 1. The standard InChI is InChI=1S/C17H27N3O5S/c1-4-26(22,23)20(13-17(21)18-8-5-9-19(2)3)14-6-7-15-16(12-14)25-11-10-24-15/h6-7,12H,4-5,8-11,13H2,1-3H3,(H,18,21). The van der Waals surface area contributed by atoms with E-state index in [2.05, 4.69) is 5.32 Å². The molecule has 0 bridgehead atoms. The minimum atomic E-state index is -3.61. The van der Waals surface area contributed by atoms with Gasteiger partial charge in [-0.3, -0.25) is 9.10 Å². The van der Waals surface area contributed by atoms with Crippen molar-refractivity contribution in [2.45, 2.75) is 13.3 Å². The lowest BCUT2D eigenvalue weighted by molar-refractivity contribution is -0.119. The van der Waals surface area contributed by atoms with Gasteiger partial charge in [-0.2, -0.15) is 0 Å². The van der Waals surface area contributed by atoms with Crippen LogP contribution in [0.5, 0.6) is 11.5 Å². The summed E-state index contributed by atoms with van der Waals surface area (Å²) >= 11 is 0. The van der Waals surface area contributed by atoms with Gasteiger partial charge in [0.1, 0.15) is 19.8 Å². The van der Waals surface area contributed by atoms with Crippen LogP contribution in [-0.2, 0) is 14.8 Å². The van der Waals surface area contributed by atoms with Crippen LogP contribution in [0.1, 0.15) is 13.3 Å². The summed E-state index contributed by atoms with van der Waals surface area (Å²) in [6, 6.07) is 4.89. The van der Waals surface area contributed by atoms with E-state index < -0.39 is 10.0 Å². The second kappa shape index (κ2) is 9.09. The van der Waals surface area contributed by atoms with Crippen molar-refractivity contribution in [3.05, 3.63) is 18.2 Å². The van der Waals surface area contributed by atoms with Gasteiger partial charge in [-0.15, -0.1) is 0 Å². The first-order valence-corrected chi connectivity index (χ1v) is 10.3. The first-order chi connectivity index (χ1) is 12.3. The fraction of sp³-hybridized carbons (Fsp3) is 0.588. The Morgan fingerprint density at radius 2 is 1.88 bits per heavy atom. The Morgan fingerprint density at radius 1 is 1.19 bits per heavy atom. The van der Waals surface area contributed by atoms with Gasteiger partial charge in [-0.25, -0.2) is 8.42 Å². The molecule has 0 fully saturated rings. The monoisotopic (exact) mass is 385 g/mol. The number of hydrogen-bond acceptors (Lipinski definition) is 6. The summed E-state index contributed by atoms with van der Waals surface area (Å²) in [4.78, 5) is 14.3. The lowest BCUT2D eigenvalue weighted by Gasteiger charge is -2.25. The Balaban J connectivity index is 2.11. The van der Waals surface area contributed by atoms with Crippen molar-refractivity contribution in [1.82, 2.24) is 10.2 Å². The van der Waals surface area contributed by atoms with Gasteiger partial charge in [-0.05, 0) is 46.1 Å². The Morgan fingerprint density at radius 3 is 2.54 bits per heavy atom. The van der Waals surface area contributed by atoms with Crippen molar-refractivity contribution in [2.75, 3.05) is 57.0 Å². The summed E-state index contributed by atoms with van der Waals surface area (Å²) < 4.78 is 37.1. The molecule has 1 N–H and O–H groups in total. The maximum Gasteiger partial charge on any atom is 0.240 e. The predicted octanol–water partition coefficient (Wildman–Crippen LogP) is 0.682. The molecule has 0 atom stereocenters. The van der Waals surface area contributed by atoms with Crippen LogP contribution in [0, 0.1) is 0 Å². The summed E-state index contributed by atoms with van der Waals surface area (Å²) in [7, 11) is 0.304. The maximum absolute atomic E-state index is 12.5. The van der Waals surface area contributed by atoms with E-state index in [0.717, 1.165) is 17.3 Å². The molecule has 9 heteroatoms. The first-order valence-electron chi connectivity index (χ1n) is 8.65. The number of nitrogens with one attached hydrogen (secondary N) is 1. The number of benzene rings is 1. The molecule has 1 amide bonds. The molecule has 0 aliphatic carbocycles. The van der Waals surface area contributed by atoms with Crippen LogP contribution in [0.25, 0.3) is 0 Å². The molecule has 1 aliphatic rings. The molecule has 8 nitrogen and oxygen atoms in total. The normalized spacial score (nSPS) is 13.5. The number of carbonyl (C=O) groups is 1. The Kier molecular flexibility index (Phi) is 7.10. The fourth-order valence-corrected chi connectivity index (χ4v) is 3.56. The average molecular weight is 385 g/mol. The maximum atomic E-state index is 12.5. The molecular formula is C17H27N3O5S. The zero-order valence-corrected chi connectivity index (χ0v) is 16.3. The molecule has 2 rings (SSSR count). The molecule has 1 aromatic carbocycles. The smallest absolute Gasteiger partial charge is 0.240 e. The summed E-state index contributed by atoms with van der Waals surface area (Å²) in [5, 5.41) is 2.77. The minimum absolute atomic E-state index is 0.102. The van der Waals surface area contributed by atoms with Crippen LogP contribution in [-0.4, -0.2) is 71.9 Å². The molecule has 0 radical (unpaired) electrons. The van der Waals surface area contributed by atoms with Gasteiger partial charge in [0.2, 0.25) is 15.9 Å². The second-order valence-corrected chi connectivity index (χ2v) is 8.42. The number of amides is 1. The molecule has 0 saturated heterocycles. The van der Waals surface area contributed by atoms with E-state index in [-0.39, 0.29) is 18.2 Å². The van der Waals surface area contributed by atoms with Gasteiger partial charge in [0.25, 0.3) is 0 Å². The van der Waals surface area contributed by atoms with Crippen LogP contribution in [0.3, 0.4) is 0 Å². The van der Waals surface area contributed by atoms with Crippen LogP contribution < -0.4 is 19.1 Å². The number of sulfonamides is 1. The summed E-state index contributed by atoms with van der Waals surface area (Å²) in [6.07, 6.45) is 0.795. The van der Waals surface area contributed by atoms with E-state index in [0.29, 0.717) is 36.9 Å². The van der Waals surface area contributed by atoms with E-state index >= 15 is 0 Å². The summed E-state index contributed by atoms with van der Waals surface area (Å²) in [6.45, 7) is 3.49. The van der Waals surface area contributed by atoms with Gasteiger partial charge in [0.05, 0.1) is 11.4 Å². The molecule has 1 heterocycles. The summed E-state index contributed by atoms with van der Waals surface area (Å²) in [5.41, 5.74) is 0.388. The number of hydrogen-bond donors (Lipinski definition) is 1. The Labute approximate surface area is 155 Å². The van der Waals surface area contributed by atoms with Crippen LogP contribution in [0.15, 0.2) is 18.2 Å². The zero-order chi connectivity index (χ0) is 19.2. The van der Waals surface area contributed by atoms with E-state index in [4.69, 9.17) is 9.47 Å². The van der Waals surface area contributed by atoms with E-state index in [1.54, 1.807) is 25.1 Å². The van der Waals surface area contributed by atoms with Gasteiger partial charge in [-0.1, -0.05) is 0 Å². The van der Waals surface area contributed by atoms with Crippen molar-refractivity contribution in [1.29, 1.82) is 0 Å². The third-order valence-corrected chi connectivity index (χ3v) is 5.65. The van der Waals surface area contributed by atoms with Crippen LogP contribution in [0.2, 0.25) is 0 Å². The van der Waals surface area contributed by atoms with Crippen LogP contribution >= 0.6 is 0 Å². The third kappa shape index (κ3) is 5.50. The van der Waals surface area contributed by atoms with Crippen molar-refractivity contribution in [3.63, 3.8) is 0 Å². The van der Waals surface area contributed by atoms with Gasteiger partial charge in [0, 0.05) is 12.6 Å². The zero-order valence-electron chi connectivity index (χ0n) is 15.5. The number of nitrogens with zero attached hydrogens (tertiary/aromatic N) is 2. The molecule has 1 aromatic rings. The molecule has 0 aromatic heterocycles. The molecule has 0 saturated carbocycles. The molecule has 146 valence electrons. The number of fused-ring (bicyclic) bond motifs is 1. The lowest BCUT2D eigenvalue weighted by atomic mass is 10.2. The molecular weight excluding hydrogens is 358 g/mol. The average Bonchev–Trinajstić information content (AvgIpc) is 2.62. The second-order valence-electron chi connectivity index (χ2n) is 6.24. The summed E-state index contributed by atoms with van der Waals surface area (Å²) in [5.74, 6) is 0.615. The Bertz CT molecular complexity index is 721. The highest BCUT2D eigenvalue weighted by molar-refractivity contribution is 7.92. The quantitative estimate of drug-likeness (QED) is 0.629. The topological polar surface area (TPSA) is 88.2 Å². The fourth-order valence-electron chi connectivity index (χ4n) is 2.50. The highest BCUT2D eigenvalue weighted by Gasteiger charge is 2.25. The third-order valence-electron chi connectivity index (χ3n) is 3.91. The lowest BCUT2D eigenvalue weighted by Crippen LogP contribution is -2.42. The van der Waals surface area contributed by atoms with E-state index in [1.165, 1.54) is 0 Å². The molecule has 0 unspecified atom stereocenters. The predicted molar refractivity (Wildman–Crippen MR) is 100 cm³/mol. The van der Waals surface area contributed by atoms with Crippen molar-refractivity contribution in [2.24, 2.45) is 0 Å². The van der Waals surface area contributed by atoms with Gasteiger partial charge >= 0.3 is 0 Å². The molecule has 1 aliphatic heterocycles. The van der Waals surface area contributed by atoms with Gasteiger partial charge in [0.15, 0.2) is 11.5 Å². The van der Waals surface area contributed by atoms with E-state index in [9.17, 15) is 13.2 Å².